The SMILES string of the molecule is COC(=O)C1=C(C)NC(C)=C(C(=O)OC)C1c1ccccc1[N+](=O)[O-].COc1ccc2c(c1)OC1c3ccc(OC)cc3OCC21. The fourth-order valence-electron chi connectivity index (χ4n) is 6.03. The van der Waals surface area contributed by atoms with Crippen molar-refractivity contribution in [1.82, 2.24) is 5.32 Å². The van der Waals surface area contributed by atoms with E-state index in [1.54, 1.807) is 34.1 Å². The molecule has 3 aliphatic heterocycles. The minimum absolute atomic E-state index is 0.00163. The van der Waals surface area contributed by atoms with E-state index in [1.165, 1.54) is 38.0 Å². The number of benzene rings is 3. The van der Waals surface area contributed by atoms with Gasteiger partial charge in [-0.15, -0.1) is 0 Å². The van der Waals surface area contributed by atoms with E-state index in [1.807, 2.05) is 30.3 Å². The lowest BCUT2D eigenvalue weighted by Crippen LogP contribution is -2.32. The highest BCUT2D eigenvalue weighted by molar-refractivity contribution is 6.00. The van der Waals surface area contributed by atoms with Gasteiger partial charge in [0.2, 0.25) is 0 Å². The molecular formula is C34H34N2O10. The van der Waals surface area contributed by atoms with Gasteiger partial charge in [0, 0.05) is 46.3 Å². The van der Waals surface area contributed by atoms with Crippen molar-refractivity contribution < 1.29 is 42.9 Å². The van der Waals surface area contributed by atoms with Crippen LogP contribution in [-0.2, 0) is 19.1 Å². The number of hydrogen-bond acceptors (Lipinski definition) is 11. The van der Waals surface area contributed by atoms with Gasteiger partial charge in [-0.2, -0.15) is 0 Å². The van der Waals surface area contributed by atoms with Crippen molar-refractivity contribution in [3.63, 3.8) is 0 Å². The second-order valence-electron chi connectivity index (χ2n) is 10.7. The highest BCUT2D eigenvalue weighted by Crippen LogP contribution is 2.52. The first-order valence-electron chi connectivity index (χ1n) is 14.4. The van der Waals surface area contributed by atoms with Crippen LogP contribution in [0.15, 0.2) is 83.2 Å². The molecule has 2 atom stereocenters. The van der Waals surface area contributed by atoms with Gasteiger partial charge in [0.25, 0.3) is 5.69 Å². The Hall–Kier alpha value is -5.52. The number of carbonyl (C=O) groups excluding carboxylic acids is 2. The Morgan fingerprint density at radius 3 is 1.93 bits per heavy atom. The van der Waals surface area contributed by atoms with Crippen molar-refractivity contribution in [3.05, 3.63) is 110 Å². The number of nitro groups is 1. The van der Waals surface area contributed by atoms with Gasteiger partial charge in [0.1, 0.15) is 29.1 Å². The summed E-state index contributed by atoms with van der Waals surface area (Å²) in [5.41, 5.74) is 3.45. The van der Waals surface area contributed by atoms with Crippen molar-refractivity contribution in [2.24, 2.45) is 0 Å². The lowest BCUT2D eigenvalue weighted by Gasteiger charge is -2.29. The van der Waals surface area contributed by atoms with Crippen molar-refractivity contribution >= 4 is 17.6 Å². The van der Waals surface area contributed by atoms with Crippen LogP contribution in [0, 0.1) is 10.1 Å². The van der Waals surface area contributed by atoms with E-state index in [0.29, 0.717) is 18.0 Å². The van der Waals surface area contributed by atoms with Crippen molar-refractivity contribution in [2.45, 2.75) is 31.8 Å². The average molecular weight is 631 g/mol. The van der Waals surface area contributed by atoms with Crippen LogP contribution in [0.2, 0.25) is 0 Å². The van der Waals surface area contributed by atoms with Crippen molar-refractivity contribution in [2.75, 3.05) is 35.0 Å². The third-order valence-electron chi connectivity index (χ3n) is 8.20. The summed E-state index contributed by atoms with van der Waals surface area (Å²) in [6.07, 6.45) is 0.00163. The largest absolute Gasteiger partial charge is 0.497 e. The van der Waals surface area contributed by atoms with E-state index < -0.39 is 22.8 Å². The van der Waals surface area contributed by atoms with Crippen LogP contribution in [0.4, 0.5) is 5.69 Å². The average Bonchev–Trinajstić information content (AvgIpc) is 3.45. The first-order valence-corrected chi connectivity index (χ1v) is 14.4. The van der Waals surface area contributed by atoms with Crippen LogP contribution in [0.1, 0.15) is 48.5 Å². The number of dihydropyridines is 1. The zero-order valence-electron chi connectivity index (χ0n) is 26.2. The smallest absolute Gasteiger partial charge is 0.336 e. The standard InChI is InChI=1S/C17H18N2O6.C17H16O4/c1-9-13(16(20)24-3)15(14(10(2)18-9)17(21)25-4)11-7-5-6-8-12(11)19(22)23;1-18-10-4-6-13-15(7-10)20-9-14-12-5-3-11(19-2)8-16(12)21-17(13)14/h5-8,15,18H,1-4H3;3-8,14,17H,9H2,1-2H3. The molecule has 0 bridgehead atoms. The van der Waals surface area contributed by atoms with E-state index in [2.05, 4.69) is 11.4 Å². The molecule has 2 unspecified atom stereocenters. The molecule has 0 fully saturated rings. The zero-order valence-corrected chi connectivity index (χ0v) is 26.2. The van der Waals surface area contributed by atoms with E-state index in [9.17, 15) is 19.7 Å². The van der Waals surface area contributed by atoms with E-state index in [4.69, 9.17) is 28.4 Å². The Morgan fingerprint density at radius 1 is 0.804 bits per heavy atom. The number of hydrogen-bond donors (Lipinski definition) is 1. The normalized spacial score (nSPS) is 17.9. The first kappa shape index (κ1) is 31.9. The van der Waals surface area contributed by atoms with Crippen molar-refractivity contribution in [3.8, 4) is 23.0 Å². The Labute approximate surface area is 265 Å². The Bertz CT molecular complexity index is 1720. The summed E-state index contributed by atoms with van der Waals surface area (Å²) in [6, 6.07) is 17.8. The monoisotopic (exact) mass is 630 g/mol. The molecule has 12 heteroatoms. The molecule has 0 saturated heterocycles. The molecule has 46 heavy (non-hydrogen) atoms. The maximum atomic E-state index is 12.3. The summed E-state index contributed by atoms with van der Waals surface area (Å²) in [4.78, 5) is 35.6. The summed E-state index contributed by atoms with van der Waals surface area (Å²) in [7, 11) is 5.74. The van der Waals surface area contributed by atoms with Crippen molar-refractivity contribution in [1.29, 1.82) is 0 Å². The molecular weight excluding hydrogens is 596 g/mol. The van der Waals surface area contributed by atoms with Crippen LogP contribution in [-0.4, -0.2) is 51.9 Å². The molecule has 6 rings (SSSR count). The number of rotatable bonds is 6. The highest BCUT2D eigenvalue weighted by Gasteiger charge is 2.42. The van der Waals surface area contributed by atoms with Gasteiger partial charge in [-0.05, 0) is 32.0 Å². The second-order valence-corrected chi connectivity index (χ2v) is 10.7. The van der Waals surface area contributed by atoms with E-state index in [-0.39, 0.29) is 34.4 Å². The van der Waals surface area contributed by atoms with Gasteiger partial charge in [0.05, 0.1) is 63.0 Å². The predicted octanol–water partition coefficient (Wildman–Crippen LogP) is 5.49. The lowest BCUT2D eigenvalue weighted by atomic mass is 9.79. The van der Waals surface area contributed by atoms with Gasteiger partial charge < -0.3 is 33.7 Å². The third-order valence-corrected chi connectivity index (χ3v) is 8.20. The summed E-state index contributed by atoms with van der Waals surface area (Å²) in [6.45, 7) is 3.90. The number of nitrogens with one attached hydrogen (secondary N) is 1. The van der Waals surface area contributed by atoms with E-state index in [0.717, 1.165) is 28.6 Å². The molecule has 3 heterocycles. The molecule has 3 aromatic carbocycles. The number of methoxy groups -OCH3 is 4. The maximum Gasteiger partial charge on any atom is 0.336 e. The molecule has 0 spiro atoms. The molecule has 12 nitrogen and oxygen atoms in total. The van der Waals surface area contributed by atoms with Crippen LogP contribution >= 0.6 is 0 Å². The van der Waals surface area contributed by atoms with Crippen LogP contribution in [0.3, 0.4) is 0 Å². The molecule has 0 aromatic heterocycles. The summed E-state index contributed by atoms with van der Waals surface area (Å²) < 4.78 is 32.2. The summed E-state index contributed by atoms with van der Waals surface area (Å²) in [5, 5.41) is 14.4. The summed E-state index contributed by atoms with van der Waals surface area (Å²) in [5.74, 6) is 1.23. The number of fused-ring (bicyclic) bond motifs is 5. The molecule has 0 radical (unpaired) electrons. The molecule has 0 saturated carbocycles. The molecule has 1 N–H and O–H groups in total. The van der Waals surface area contributed by atoms with Crippen LogP contribution in [0.5, 0.6) is 23.0 Å². The molecule has 0 amide bonds. The second kappa shape index (κ2) is 13.2. The Morgan fingerprint density at radius 2 is 1.37 bits per heavy atom. The maximum absolute atomic E-state index is 12.3. The lowest BCUT2D eigenvalue weighted by molar-refractivity contribution is -0.385. The van der Waals surface area contributed by atoms with Gasteiger partial charge in [0.15, 0.2) is 0 Å². The highest BCUT2D eigenvalue weighted by atomic mass is 16.6. The minimum atomic E-state index is -0.970. The van der Waals surface area contributed by atoms with Gasteiger partial charge >= 0.3 is 11.9 Å². The fourth-order valence-corrected chi connectivity index (χ4v) is 6.03. The van der Waals surface area contributed by atoms with Gasteiger partial charge in [-0.3, -0.25) is 10.1 Å². The number of ether oxygens (including phenoxy) is 6. The number of allylic oxidation sites excluding steroid dienone is 2. The fraction of sp³-hybridized carbons (Fsp3) is 0.294. The number of nitro benzene ring substituents is 1. The molecule has 0 aliphatic carbocycles. The first-order chi connectivity index (χ1) is 22.1. The topological polar surface area (TPSA) is 145 Å². The molecule has 240 valence electrons. The third kappa shape index (κ3) is 5.81. The number of nitrogens with zero attached hydrogens (tertiary/aromatic N) is 1. The van der Waals surface area contributed by atoms with Crippen LogP contribution in [0.25, 0.3) is 0 Å². The zero-order chi connectivity index (χ0) is 33.1. The van der Waals surface area contributed by atoms with Gasteiger partial charge in [-0.25, -0.2) is 9.59 Å². The van der Waals surface area contributed by atoms with Gasteiger partial charge in [-0.1, -0.05) is 24.3 Å². The van der Waals surface area contributed by atoms with Crippen LogP contribution < -0.4 is 24.3 Å². The Balaban J connectivity index is 0.000000183. The van der Waals surface area contributed by atoms with E-state index >= 15 is 0 Å². The number of esters is 2. The summed E-state index contributed by atoms with van der Waals surface area (Å²) >= 11 is 0. The molecule has 3 aliphatic rings. The number of para-hydroxylation sites is 1. The predicted molar refractivity (Wildman–Crippen MR) is 166 cm³/mol. The Kier molecular flexibility index (Phi) is 9.17. The quantitative estimate of drug-likeness (QED) is 0.210. The minimum Gasteiger partial charge on any atom is -0.497 e. The number of carbonyl (C=O) groups is 2. The molecule has 3 aromatic rings.